The first-order valence-corrected chi connectivity index (χ1v) is 6.40. The third-order valence-electron chi connectivity index (χ3n) is 2.36. The van der Waals surface area contributed by atoms with Crippen LogP contribution in [0.2, 0.25) is 0 Å². The van der Waals surface area contributed by atoms with Crippen molar-refractivity contribution >= 4 is 17.3 Å². The zero-order valence-electron chi connectivity index (χ0n) is 11.8. The molecule has 1 aromatic rings. The molecule has 7 nitrogen and oxygen atoms in total. The number of hydrogen-bond donors (Lipinski definition) is 2. The fraction of sp³-hybridized carbons (Fsp3) is 0.462. The third kappa shape index (κ3) is 4.42. The number of nitro groups is 1. The summed E-state index contributed by atoms with van der Waals surface area (Å²) in [5, 5.41) is 16.5. The molecule has 0 heterocycles. The largest absolute Gasteiger partial charge is 0.484 e. The molecule has 0 unspecified atom stereocenters. The zero-order valence-corrected chi connectivity index (χ0v) is 11.8. The van der Waals surface area contributed by atoms with Crippen molar-refractivity contribution in [3.05, 3.63) is 28.3 Å². The molecule has 0 aromatic heterocycles. The molecule has 0 aliphatic carbocycles. The Morgan fingerprint density at radius 3 is 2.70 bits per heavy atom. The first-order valence-electron chi connectivity index (χ1n) is 6.40. The van der Waals surface area contributed by atoms with Gasteiger partial charge in [0.2, 0.25) is 5.91 Å². The van der Waals surface area contributed by atoms with Crippen LogP contribution in [0.3, 0.4) is 0 Å². The molecule has 0 saturated heterocycles. The van der Waals surface area contributed by atoms with E-state index in [1.165, 1.54) is 6.07 Å². The average molecular weight is 281 g/mol. The Balaban J connectivity index is 2.94. The molecular formula is C13H19N3O4. The number of hydrogen-bond acceptors (Lipinski definition) is 5. The second-order valence-corrected chi connectivity index (χ2v) is 4.38. The zero-order chi connectivity index (χ0) is 15.1. The van der Waals surface area contributed by atoms with E-state index < -0.39 is 4.92 Å². The van der Waals surface area contributed by atoms with Gasteiger partial charge in [-0.3, -0.25) is 14.9 Å². The smallest absolute Gasteiger partial charge is 0.333 e. The molecule has 1 rings (SSSR count). The summed E-state index contributed by atoms with van der Waals surface area (Å²) in [4.78, 5) is 22.0. The molecule has 0 saturated carbocycles. The summed E-state index contributed by atoms with van der Waals surface area (Å²) in [7, 11) is 0. The summed E-state index contributed by atoms with van der Waals surface area (Å²) in [5.74, 6) is -0.0390. The highest BCUT2D eigenvalue weighted by Gasteiger charge is 2.21. The van der Waals surface area contributed by atoms with Crippen molar-refractivity contribution in [2.24, 2.45) is 0 Å². The lowest BCUT2D eigenvalue weighted by molar-refractivity contribution is -0.385. The van der Waals surface area contributed by atoms with E-state index in [1.54, 1.807) is 32.9 Å². The average Bonchev–Trinajstić information content (AvgIpc) is 2.35. The molecule has 0 aliphatic rings. The van der Waals surface area contributed by atoms with Gasteiger partial charge < -0.3 is 15.4 Å². The van der Waals surface area contributed by atoms with Gasteiger partial charge in [0.05, 0.1) is 17.6 Å². The Morgan fingerprint density at radius 2 is 2.15 bits per heavy atom. The van der Waals surface area contributed by atoms with Crippen molar-refractivity contribution in [1.82, 2.24) is 5.32 Å². The van der Waals surface area contributed by atoms with Gasteiger partial charge in [-0.2, -0.15) is 0 Å². The summed E-state index contributed by atoms with van der Waals surface area (Å²) >= 11 is 0. The van der Waals surface area contributed by atoms with Gasteiger partial charge in [-0.1, -0.05) is 6.07 Å². The van der Waals surface area contributed by atoms with E-state index in [0.717, 1.165) is 0 Å². The molecule has 7 heteroatoms. The number of rotatable bonds is 7. The molecule has 0 bridgehead atoms. The maximum atomic E-state index is 11.4. The molecule has 0 aliphatic heterocycles. The predicted octanol–water partition coefficient (Wildman–Crippen LogP) is 1.93. The van der Waals surface area contributed by atoms with Crippen molar-refractivity contribution < 1.29 is 14.5 Å². The van der Waals surface area contributed by atoms with E-state index in [2.05, 4.69) is 10.6 Å². The van der Waals surface area contributed by atoms with Crippen molar-refractivity contribution in [3.63, 3.8) is 0 Å². The minimum Gasteiger partial charge on any atom is -0.484 e. The molecule has 0 radical (unpaired) electrons. The van der Waals surface area contributed by atoms with Gasteiger partial charge in [-0.25, -0.2) is 0 Å². The Bertz CT molecular complexity index is 489. The summed E-state index contributed by atoms with van der Waals surface area (Å²) in [6, 6.07) is 4.73. The van der Waals surface area contributed by atoms with Gasteiger partial charge in [0.15, 0.2) is 5.75 Å². The number of para-hydroxylation sites is 1. The SMILES string of the molecule is CCNC(=O)CNc1cccc(OC(C)C)c1[N+](=O)[O-]. The van der Waals surface area contributed by atoms with Crippen molar-refractivity contribution in [1.29, 1.82) is 0 Å². The first kappa shape index (κ1) is 15.7. The van der Waals surface area contributed by atoms with Crippen LogP contribution < -0.4 is 15.4 Å². The normalized spacial score (nSPS) is 10.2. The fourth-order valence-corrected chi connectivity index (χ4v) is 1.64. The Hall–Kier alpha value is -2.31. The first-order chi connectivity index (χ1) is 9.45. The van der Waals surface area contributed by atoms with Crippen LogP contribution in [0.25, 0.3) is 0 Å². The van der Waals surface area contributed by atoms with Gasteiger partial charge >= 0.3 is 5.69 Å². The highest BCUT2D eigenvalue weighted by atomic mass is 16.6. The van der Waals surface area contributed by atoms with Crippen LogP contribution in [0.1, 0.15) is 20.8 Å². The molecule has 2 N–H and O–H groups in total. The van der Waals surface area contributed by atoms with Crippen molar-refractivity contribution in [3.8, 4) is 5.75 Å². The lowest BCUT2D eigenvalue weighted by Gasteiger charge is -2.13. The minimum absolute atomic E-state index is 0.0280. The number of amides is 1. The van der Waals surface area contributed by atoms with Gasteiger partial charge in [0.1, 0.15) is 5.69 Å². The summed E-state index contributed by atoms with van der Waals surface area (Å²) < 4.78 is 5.42. The maximum absolute atomic E-state index is 11.4. The van der Waals surface area contributed by atoms with E-state index in [-0.39, 0.29) is 35.7 Å². The maximum Gasteiger partial charge on any atom is 0.333 e. The Kier molecular flexibility index (Phi) is 5.76. The number of nitrogens with one attached hydrogen (secondary N) is 2. The second-order valence-electron chi connectivity index (χ2n) is 4.38. The monoisotopic (exact) mass is 281 g/mol. The standard InChI is InChI=1S/C13H19N3O4/c1-4-14-12(17)8-15-10-6-5-7-11(20-9(2)3)13(10)16(18)19/h5-7,9,15H,4,8H2,1-3H3,(H,14,17). The second kappa shape index (κ2) is 7.32. The number of carbonyl (C=O) groups excluding carboxylic acids is 1. The highest BCUT2D eigenvalue weighted by molar-refractivity contribution is 5.82. The number of likely N-dealkylation sites (N-methyl/N-ethyl adjacent to an activating group) is 1. The topological polar surface area (TPSA) is 93.5 Å². The van der Waals surface area contributed by atoms with Crippen molar-refractivity contribution in [2.75, 3.05) is 18.4 Å². The molecule has 1 aromatic carbocycles. The van der Waals surface area contributed by atoms with Crippen LogP contribution in [-0.2, 0) is 4.79 Å². The number of nitro benzene ring substituents is 1. The van der Waals surface area contributed by atoms with Crippen LogP contribution in [0.4, 0.5) is 11.4 Å². The highest BCUT2D eigenvalue weighted by Crippen LogP contribution is 2.35. The minimum atomic E-state index is -0.516. The predicted molar refractivity (Wildman–Crippen MR) is 76.0 cm³/mol. The van der Waals surface area contributed by atoms with E-state index in [4.69, 9.17) is 4.74 Å². The molecule has 0 fully saturated rings. The van der Waals surface area contributed by atoms with Gasteiger partial charge in [0.25, 0.3) is 0 Å². The third-order valence-corrected chi connectivity index (χ3v) is 2.36. The molecule has 110 valence electrons. The summed E-state index contributed by atoms with van der Waals surface area (Å²) in [6.07, 6.45) is -0.174. The molecule has 20 heavy (non-hydrogen) atoms. The van der Waals surface area contributed by atoms with Crippen LogP contribution in [0.5, 0.6) is 5.75 Å². The van der Waals surface area contributed by atoms with Crippen molar-refractivity contribution in [2.45, 2.75) is 26.9 Å². The quantitative estimate of drug-likeness (QED) is 0.588. The number of nitrogens with zero attached hydrogens (tertiary/aromatic N) is 1. The van der Waals surface area contributed by atoms with E-state index in [0.29, 0.717) is 6.54 Å². The number of ether oxygens (including phenoxy) is 1. The molecule has 0 atom stereocenters. The number of anilines is 1. The summed E-state index contributed by atoms with van der Waals surface area (Å²) in [6.45, 7) is 5.87. The molecule has 0 spiro atoms. The Morgan fingerprint density at radius 1 is 1.45 bits per heavy atom. The fourth-order valence-electron chi connectivity index (χ4n) is 1.64. The van der Waals surface area contributed by atoms with Crippen LogP contribution in [0, 0.1) is 10.1 Å². The van der Waals surface area contributed by atoms with Crippen LogP contribution >= 0.6 is 0 Å². The number of benzene rings is 1. The van der Waals surface area contributed by atoms with Gasteiger partial charge in [0, 0.05) is 6.54 Å². The van der Waals surface area contributed by atoms with E-state index in [1.807, 2.05) is 0 Å². The van der Waals surface area contributed by atoms with Crippen LogP contribution in [-0.4, -0.2) is 30.0 Å². The molecule has 1 amide bonds. The molecular weight excluding hydrogens is 262 g/mol. The lowest BCUT2D eigenvalue weighted by atomic mass is 10.2. The Labute approximate surface area is 117 Å². The lowest BCUT2D eigenvalue weighted by Crippen LogP contribution is -2.29. The van der Waals surface area contributed by atoms with E-state index >= 15 is 0 Å². The van der Waals surface area contributed by atoms with Gasteiger partial charge in [-0.15, -0.1) is 0 Å². The van der Waals surface area contributed by atoms with Gasteiger partial charge in [-0.05, 0) is 32.9 Å². The summed E-state index contributed by atoms with van der Waals surface area (Å²) in [5.41, 5.74) is 0.102. The van der Waals surface area contributed by atoms with E-state index in [9.17, 15) is 14.9 Å². The number of carbonyl (C=O) groups is 1. The van der Waals surface area contributed by atoms with Crippen LogP contribution in [0.15, 0.2) is 18.2 Å².